The Morgan fingerprint density at radius 3 is 2.54 bits per heavy atom. The molecule has 1 amide bonds. The predicted molar refractivity (Wildman–Crippen MR) is 136 cm³/mol. The lowest BCUT2D eigenvalue weighted by Gasteiger charge is -2.19. The van der Waals surface area contributed by atoms with Gasteiger partial charge in [-0.05, 0) is 54.5 Å². The van der Waals surface area contributed by atoms with Gasteiger partial charge in [0.15, 0.2) is 0 Å². The number of nitrogens with two attached hydrogens (primary N) is 1. The maximum absolute atomic E-state index is 13.5. The number of Topliss-reactive ketones (excluding diaryl/α,β-unsaturated/α-hetero) is 1. The highest BCUT2D eigenvalue weighted by Gasteiger charge is 2.31. The van der Waals surface area contributed by atoms with E-state index in [-0.39, 0.29) is 5.78 Å². The molecule has 0 spiro atoms. The summed E-state index contributed by atoms with van der Waals surface area (Å²) in [7, 11) is 4.10. The van der Waals surface area contributed by atoms with E-state index in [9.17, 15) is 9.59 Å². The van der Waals surface area contributed by atoms with Crippen molar-refractivity contribution in [1.29, 1.82) is 0 Å². The number of hydrogen-bond acceptors (Lipinski definition) is 5. The molecule has 7 heteroatoms. The van der Waals surface area contributed by atoms with E-state index in [4.69, 9.17) is 5.73 Å². The van der Waals surface area contributed by atoms with Crippen molar-refractivity contribution < 1.29 is 9.59 Å². The lowest BCUT2D eigenvalue weighted by molar-refractivity contribution is 0.0952. The van der Waals surface area contributed by atoms with Crippen LogP contribution in [0.3, 0.4) is 0 Å². The number of imidazole rings is 1. The molecule has 7 nitrogen and oxygen atoms in total. The molecule has 35 heavy (non-hydrogen) atoms. The number of aliphatic imine (C=N–C) groups is 1. The second-order valence-electron chi connectivity index (χ2n) is 8.82. The number of carbonyl (C=O) groups excluding carboxylic acids is 2. The average molecular weight is 464 g/mol. The normalized spacial score (nSPS) is 14.8. The third kappa shape index (κ3) is 4.29. The van der Waals surface area contributed by atoms with Crippen LogP contribution in [0.25, 0.3) is 16.8 Å². The standard InChI is InChI=1S/C28H25N5O2/c1-32(2)16-21-6-3-4-9-23(21)18-10-12-19(13-11-18)25-27(34)26-24(15-30-25)31-17-33(26)22-8-5-7-20(14-22)28(29)35/h3-15,17,25H,16H2,1-2H3,(H2,29,35). The van der Waals surface area contributed by atoms with Gasteiger partial charge in [0, 0.05) is 17.8 Å². The highest BCUT2D eigenvalue weighted by atomic mass is 16.1. The molecule has 0 aliphatic carbocycles. The van der Waals surface area contributed by atoms with E-state index in [2.05, 4.69) is 41.1 Å². The number of rotatable bonds is 6. The molecule has 0 saturated carbocycles. The number of aromatic nitrogens is 2. The Morgan fingerprint density at radius 1 is 1.03 bits per heavy atom. The Morgan fingerprint density at radius 2 is 1.80 bits per heavy atom. The summed E-state index contributed by atoms with van der Waals surface area (Å²) >= 11 is 0. The van der Waals surface area contributed by atoms with Crippen molar-refractivity contribution in [2.75, 3.05) is 14.1 Å². The highest BCUT2D eigenvalue weighted by Crippen LogP contribution is 2.31. The van der Waals surface area contributed by atoms with Gasteiger partial charge in [-0.3, -0.25) is 19.1 Å². The lowest BCUT2D eigenvalue weighted by atomic mass is 9.94. The van der Waals surface area contributed by atoms with Gasteiger partial charge in [0.25, 0.3) is 0 Å². The Bertz CT molecular complexity index is 1450. The molecule has 0 radical (unpaired) electrons. The van der Waals surface area contributed by atoms with Crippen molar-refractivity contribution >= 4 is 17.9 Å². The minimum Gasteiger partial charge on any atom is -0.366 e. The van der Waals surface area contributed by atoms with Crippen molar-refractivity contribution in [2.45, 2.75) is 12.6 Å². The molecule has 1 atom stereocenters. The van der Waals surface area contributed by atoms with Crippen LogP contribution in [0.2, 0.25) is 0 Å². The van der Waals surface area contributed by atoms with E-state index in [1.165, 1.54) is 11.1 Å². The van der Waals surface area contributed by atoms with Crippen LogP contribution in [0, 0.1) is 0 Å². The van der Waals surface area contributed by atoms with Crippen LogP contribution in [0.1, 0.15) is 43.7 Å². The Kier molecular flexibility index (Phi) is 5.84. The summed E-state index contributed by atoms with van der Waals surface area (Å²) < 4.78 is 1.69. The van der Waals surface area contributed by atoms with Gasteiger partial charge in [-0.25, -0.2) is 4.98 Å². The molecule has 0 saturated heterocycles. The monoisotopic (exact) mass is 463 g/mol. The van der Waals surface area contributed by atoms with Crippen LogP contribution in [0.5, 0.6) is 0 Å². The molecule has 1 aliphatic heterocycles. The van der Waals surface area contributed by atoms with Gasteiger partial charge in [-0.15, -0.1) is 0 Å². The van der Waals surface area contributed by atoms with E-state index in [1.54, 1.807) is 35.3 Å². The van der Waals surface area contributed by atoms with Crippen LogP contribution in [0.15, 0.2) is 84.1 Å². The first kappa shape index (κ1) is 22.4. The zero-order valence-electron chi connectivity index (χ0n) is 19.6. The van der Waals surface area contributed by atoms with Crippen LogP contribution in [0.4, 0.5) is 0 Å². The maximum Gasteiger partial charge on any atom is 0.248 e. The summed E-state index contributed by atoms with van der Waals surface area (Å²) in [5, 5.41) is 0. The molecule has 1 aliphatic rings. The van der Waals surface area contributed by atoms with Crippen molar-refractivity contribution in [3.05, 3.63) is 107 Å². The van der Waals surface area contributed by atoms with E-state index in [1.807, 2.05) is 42.5 Å². The minimum atomic E-state index is -0.664. The summed E-state index contributed by atoms with van der Waals surface area (Å²) in [6.45, 7) is 0.840. The minimum absolute atomic E-state index is 0.148. The smallest absolute Gasteiger partial charge is 0.248 e. The summed E-state index contributed by atoms with van der Waals surface area (Å²) in [6, 6.07) is 22.5. The second kappa shape index (κ2) is 9.12. The zero-order valence-corrected chi connectivity index (χ0v) is 19.6. The first-order chi connectivity index (χ1) is 16.9. The Labute approximate surface area is 203 Å². The van der Waals surface area contributed by atoms with Gasteiger partial charge in [-0.2, -0.15) is 0 Å². The first-order valence-electron chi connectivity index (χ1n) is 11.3. The zero-order chi connectivity index (χ0) is 24.5. The number of primary amides is 1. The van der Waals surface area contributed by atoms with Crippen LogP contribution in [-0.4, -0.2) is 46.5 Å². The fraction of sp³-hybridized carbons (Fsp3) is 0.143. The van der Waals surface area contributed by atoms with Crippen molar-refractivity contribution in [1.82, 2.24) is 14.5 Å². The number of ketones is 1. The number of carbonyl (C=O) groups is 2. The van der Waals surface area contributed by atoms with E-state index >= 15 is 0 Å². The van der Waals surface area contributed by atoms with Crippen molar-refractivity contribution in [3.8, 4) is 16.8 Å². The molecule has 5 rings (SSSR count). The molecular weight excluding hydrogens is 438 g/mol. The van der Waals surface area contributed by atoms with Gasteiger partial charge in [-0.1, -0.05) is 54.6 Å². The van der Waals surface area contributed by atoms with Gasteiger partial charge in [0.05, 0.1) is 6.21 Å². The van der Waals surface area contributed by atoms with Gasteiger partial charge >= 0.3 is 0 Å². The fourth-order valence-corrected chi connectivity index (χ4v) is 4.41. The summed E-state index contributed by atoms with van der Waals surface area (Å²) in [5.41, 5.74) is 11.7. The Balaban J connectivity index is 1.46. The molecule has 4 aromatic rings. The summed E-state index contributed by atoms with van der Waals surface area (Å²) in [4.78, 5) is 36.2. The second-order valence-corrected chi connectivity index (χ2v) is 8.82. The van der Waals surface area contributed by atoms with Gasteiger partial charge < -0.3 is 10.6 Å². The molecule has 0 bridgehead atoms. The Hall–Kier alpha value is -4.36. The van der Waals surface area contributed by atoms with Crippen molar-refractivity contribution in [3.63, 3.8) is 0 Å². The molecule has 2 heterocycles. The largest absolute Gasteiger partial charge is 0.366 e. The number of benzene rings is 3. The fourth-order valence-electron chi connectivity index (χ4n) is 4.41. The predicted octanol–water partition coefficient (Wildman–Crippen LogP) is 4.06. The molecule has 3 aromatic carbocycles. The van der Waals surface area contributed by atoms with Gasteiger partial charge in [0.2, 0.25) is 11.7 Å². The molecule has 0 fully saturated rings. The lowest BCUT2D eigenvalue weighted by Crippen LogP contribution is -2.21. The molecule has 174 valence electrons. The summed E-state index contributed by atoms with van der Waals surface area (Å²) in [6.07, 6.45) is 3.21. The number of fused-ring (bicyclic) bond motifs is 1. The van der Waals surface area contributed by atoms with Crippen LogP contribution in [-0.2, 0) is 6.54 Å². The average Bonchev–Trinajstić information content (AvgIpc) is 3.30. The summed E-state index contributed by atoms with van der Waals surface area (Å²) in [5.74, 6) is -0.677. The third-order valence-electron chi connectivity index (χ3n) is 6.07. The first-order valence-corrected chi connectivity index (χ1v) is 11.3. The van der Waals surface area contributed by atoms with E-state index in [0.29, 0.717) is 22.6 Å². The van der Waals surface area contributed by atoms with Crippen LogP contribution >= 0.6 is 0 Å². The van der Waals surface area contributed by atoms with Gasteiger partial charge in [0.1, 0.15) is 23.8 Å². The van der Waals surface area contributed by atoms with E-state index < -0.39 is 11.9 Å². The van der Waals surface area contributed by atoms with E-state index in [0.717, 1.165) is 17.7 Å². The number of nitrogens with zero attached hydrogens (tertiary/aromatic N) is 4. The maximum atomic E-state index is 13.5. The number of amides is 1. The quantitative estimate of drug-likeness (QED) is 0.467. The number of hydrogen-bond donors (Lipinski definition) is 1. The highest BCUT2D eigenvalue weighted by molar-refractivity contribution is 6.08. The topological polar surface area (TPSA) is 93.6 Å². The SMILES string of the molecule is CN(C)Cc1ccccc1-c1ccc(C2N=Cc3ncn(-c4cccc(C(N)=O)c4)c3C2=O)cc1. The van der Waals surface area contributed by atoms with Crippen LogP contribution < -0.4 is 5.73 Å². The molecule has 2 N–H and O–H groups in total. The molecule has 1 unspecified atom stereocenters. The third-order valence-corrected chi connectivity index (χ3v) is 6.07. The van der Waals surface area contributed by atoms with Crippen molar-refractivity contribution in [2.24, 2.45) is 10.7 Å². The molecule has 1 aromatic heterocycles. The molecular formula is C28H25N5O2.